The van der Waals surface area contributed by atoms with Gasteiger partial charge in [-0.05, 0) is 72.6 Å². The minimum absolute atomic E-state index is 0.197. The highest BCUT2D eigenvalue weighted by molar-refractivity contribution is 6.05. The second-order valence-corrected chi connectivity index (χ2v) is 14.2. The summed E-state index contributed by atoms with van der Waals surface area (Å²) in [5.41, 5.74) is 4.88. The summed E-state index contributed by atoms with van der Waals surface area (Å²) in [5.74, 6) is 0.221. The zero-order chi connectivity index (χ0) is 33.5. The van der Waals surface area contributed by atoms with Gasteiger partial charge in [0.1, 0.15) is 6.04 Å². The van der Waals surface area contributed by atoms with Gasteiger partial charge in [-0.15, -0.1) is 0 Å². The van der Waals surface area contributed by atoms with Crippen LogP contribution in [-0.4, -0.2) is 94.1 Å². The third-order valence-corrected chi connectivity index (χ3v) is 11.1. The maximum atomic E-state index is 13.1. The number of carbonyl (C=O) groups excluding carboxylic acids is 3. The van der Waals surface area contributed by atoms with E-state index >= 15 is 0 Å². The van der Waals surface area contributed by atoms with Crippen LogP contribution in [0.1, 0.15) is 77.1 Å². The molecule has 12 heteroatoms. The van der Waals surface area contributed by atoms with Crippen LogP contribution in [0.25, 0.3) is 0 Å². The van der Waals surface area contributed by atoms with Crippen LogP contribution in [0.15, 0.2) is 54.9 Å². The molecule has 0 aliphatic carbocycles. The van der Waals surface area contributed by atoms with E-state index in [1.165, 1.54) is 11.3 Å². The fourth-order valence-corrected chi connectivity index (χ4v) is 7.82. The Morgan fingerprint density at radius 2 is 1.67 bits per heavy atom. The first-order valence-corrected chi connectivity index (χ1v) is 17.5. The quantitative estimate of drug-likeness (QED) is 0.308. The molecule has 1 unspecified atom stereocenters. The molecular weight excluding hydrogens is 622 g/mol. The minimum atomic E-state index is -0.970. The van der Waals surface area contributed by atoms with Crippen molar-refractivity contribution in [2.24, 2.45) is 0 Å². The molecule has 5 aliphatic rings. The molecule has 5 aliphatic heterocycles. The Balaban J connectivity index is 0.809. The molecule has 12 nitrogen and oxygen atoms in total. The fraction of sp³-hybridized carbons (Fsp3) is 0.486. The van der Waals surface area contributed by atoms with Crippen molar-refractivity contribution in [3.63, 3.8) is 0 Å². The first-order valence-electron chi connectivity index (χ1n) is 17.5. The van der Waals surface area contributed by atoms with Crippen LogP contribution in [0.4, 0.5) is 11.6 Å². The van der Waals surface area contributed by atoms with Crippen molar-refractivity contribution in [2.45, 2.75) is 75.2 Å². The van der Waals surface area contributed by atoms with E-state index in [2.05, 4.69) is 54.7 Å². The topological polar surface area (TPSA) is 140 Å². The zero-order valence-corrected chi connectivity index (χ0v) is 27.6. The molecule has 3 N–H and O–H groups in total. The molecule has 4 saturated heterocycles. The number of ether oxygens (including phenoxy) is 1. The Morgan fingerprint density at radius 1 is 0.939 bits per heavy atom. The van der Waals surface area contributed by atoms with Gasteiger partial charge in [-0.1, -0.05) is 24.3 Å². The van der Waals surface area contributed by atoms with E-state index in [9.17, 15) is 19.5 Å². The number of amides is 3. The number of nitrogens with one attached hydrogen (secondary N) is 2. The van der Waals surface area contributed by atoms with Crippen LogP contribution in [0.2, 0.25) is 0 Å². The maximum Gasteiger partial charge on any atom is 0.255 e. The predicted molar refractivity (Wildman–Crippen MR) is 182 cm³/mol. The number of aromatic nitrogens is 2. The SMILES string of the molecule is O=C1CCC(N2Cc3cc(C4(O)CCN(Cc5ccc(N6CCC(Nc7ncc(C8COC8)cn7)CC6)cc5)CC4)ccc3C2=O)C(=O)N1. The molecule has 0 radical (unpaired) electrons. The number of fused-ring (bicyclic) bond motifs is 1. The summed E-state index contributed by atoms with van der Waals surface area (Å²) in [6.45, 7) is 6.14. The van der Waals surface area contributed by atoms with Gasteiger partial charge in [-0.25, -0.2) is 9.97 Å². The van der Waals surface area contributed by atoms with Crippen molar-refractivity contribution in [3.8, 4) is 0 Å². The van der Waals surface area contributed by atoms with Crippen molar-refractivity contribution >= 4 is 29.4 Å². The molecule has 4 fully saturated rings. The van der Waals surface area contributed by atoms with Crippen LogP contribution in [-0.2, 0) is 33.0 Å². The Bertz CT molecular complexity index is 1710. The minimum Gasteiger partial charge on any atom is -0.385 e. The van der Waals surface area contributed by atoms with Crippen LogP contribution in [0.5, 0.6) is 0 Å². The van der Waals surface area contributed by atoms with Gasteiger partial charge < -0.3 is 25.0 Å². The van der Waals surface area contributed by atoms with E-state index in [1.807, 2.05) is 24.5 Å². The van der Waals surface area contributed by atoms with E-state index in [0.717, 1.165) is 75.5 Å². The van der Waals surface area contributed by atoms with Gasteiger partial charge in [-0.2, -0.15) is 0 Å². The molecule has 3 amide bonds. The third-order valence-electron chi connectivity index (χ3n) is 11.1. The van der Waals surface area contributed by atoms with E-state index in [0.29, 0.717) is 49.3 Å². The predicted octanol–water partition coefficient (Wildman–Crippen LogP) is 2.92. The lowest BCUT2D eigenvalue weighted by molar-refractivity contribution is -0.136. The number of rotatable bonds is 8. The number of benzene rings is 2. The first kappa shape index (κ1) is 31.9. The van der Waals surface area contributed by atoms with E-state index < -0.39 is 17.6 Å². The largest absolute Gasteiger partial charge is 0.385 e. The molecule has 8 rings (SSSR count). The summed E-state index contributed by atoms with van der Waals surface area (Å²) in [6, 6.07) is 14.2. The van der Waals surface area contributed by atoms with Gasteiger partial charge in [-0.3, -0.25) is 24.6 Å². The van der Waals surface area contributed by atoms with Gasteiger partial charge in [0.05, 0.1) is 18.8 Å². The molecule has 0 spiro atoms. The van der Waals surface area contributed by atoms with Crippen LogP contribution in [0.3, 0.4) is 0 Å². The number of carbonyl (C=O) groups is 3. The molecule has 0 bridgehead atoms. The van der Waals surface area contributed by atoms with E-state index in [1.54, 1.807) is 11.0 Å². The first-order chi connectivity index (χ1) is 23.8. The van der Waals surface area contributed by atoms with E-state index in [4.69, 9.17) is 4.74 Å². The number of hydrogen-bond acceptors (Lipinski definition) is 10. The molecule has 3 aromatic rings. The van der Waals surface area contributed by atoms with E-state index in [-0.39, 0.29) is 18.2 Å². The number of hydrogen-bond donors (Lipinski definition) is 3. The number of likely N-dealkylation sites (tertiary alicyclic amines) is 1. The molecular formula is C37H43N7O5. The van der Waals surface area contributed by atoms with Gasteiger partial charge in [0.2, 0.25) is 17.8 Å². The van der Waals surface area contributed by atoms with Crippen molar-refractivity contribution in [3.05, 3.63) is 82.7 Å². The number of nitrogens with zero attached hydrogens (tertiary/aromatic N) is 5. The molecule has 1 atom stereocenters. The Labute approximate surface area is 285 Å². The smallest absolute Gasteiger partial charge is 0.255 e. The average molecular weight is 666 g/mol. The monoisotopic (exact) mass is 665 g/mol. The maximum absolute atomic E-state index is 13.1. The number of imide groups is 1. The second-order valence-electron chi connectivity index (χ2n) is 14.2. The highest BCUT2D eigenvalue weighted by Crippen LogP contribution is 2.37. The van der Waals surface area contributed by atoms with Crippen molar-refractivity contribution < 1.29 is 24.2 Å². The van der Waals surface area contributed by atoms with Crippen molar-refractivity contribution in [1.82, 2.24) is 25.1 Å². The fourth-order valence-electron chi connectivity index (χ4n) is 7.82. The lowest BCUT2D eigenvalue weighted by atomic mass is 9.83. The molecule has 1 aromatic heterocycles. The molecule has 0 saturated carbocycles. The lowest BCUT2D eigenvalue weighted by Crippen LogP contribution is -2.52. The third kappa shape index (κ3) is 6.52. The number of aliphatic hydroxyl groups is 1. The van der Waals surface area contributed by atoms with Crippen molar-refractivity contribution in [2.75, 3.05) is 49.6 Å². The van der Waals surface area contributed by atoms with Crippen molar-refractivity contribution in [1.29, 1.82) is 0 Å². The number of piperidine rings is 3. The highest BCUT2D eigenvalue weighted by Gasteiger charge is 2.41. The Hall–Kier alpha value is -4.39. The summed E-state index contributed by atoms with van der Waals surface area (Å²) < 4.78 is 5.27. The average Bonchev–Trinajstić information content (AvgIpc) is 3.42. The summed E-state index contributed by atoms with van der Waals surface area (Å²) in [4.78, 5) is 52.5. The van der Waals surface area contributed by atoms with Gasteiger partial charge in [0.25, 0.3) is 5.91 Å². The molecule has 49 heavy (non-hydrogen) atoms. The highest BCUT2D eigenvalue weighted by atomic mass is 16.5. The summed E-state index contributed by atoms with van der Waals surface area (Å²) in [7, 11) is 0. The standard InChI is InChI=1S/C37H43N7O5/c45-33-8-7-32(34(46)41-33)44-21-25-17-28(3-6-31(25)35(44)47)37(48)11-15-42(16-12-37)20-24-1-4-30(5-2-24)43-13-9-29(10-14-43)40-36-38-18-26(19-39-36)27-22-49-23-27/h1-6,17-19,27,29,32,48H,7-16,20-23H2,(H,38,39,40)(H,41,45,46). The zero-order valence-electron chi connectivity index (χ0n) is 27.6. The van der Waals surface area contributed by atoms with Crippen LogP contribution < -0.4 is 15.5 Å². The Kier molecular flexibility index (Phi) is 8.55. The molecule has 256 valence electrons. The van der Waals surface area contributed by atoms with Gasteiger partial charge in [0, 0.05) is 81.3 Å². The van der Waals surface area contributed by atoms with Crippen LogP contribution >= 0.6 is 0 Å². The molecule has 6 heterocycles. The number of anilines is 2. The summed E-state index contributed by atoms with van der Waals surface area (Å²) in [6.07, 6.45) is 7.65. The summed E-state index contributed by atoms with van der Waals surface area (Å²) in [5, 5.41) is 17.5. The second kappa shape index (κ2) is 13.1. The normalized spacial score (nSPS) is 23.3. The van der Waals surface area contributed by atoms with Crippen LogP contribution in [0, 0.1) is 0 Å². The molecule has 2 aromatic carbocycles. The van der Waals surface area contributed by atoms with Gasteiger partial charge >= 0.3 is 0 Å². The van der Waals surface area contributed by atoms with Gasteiger partial charge in [0.15, 0.2) is 0 Å². The Morgan fingerprint density at radius 3 is 2.35 bits per heavy atom. The lowest BCUT2D eigenvalue weighted by Gasteiger charge is -2.39. The summed E-state index contributed by atoms with van der Waals surface area (Å²) >= 11 is 0.